The molecular formula is C12H14N4. The number of nitrogens with zero attached hydrogens (tertiary/aromatic N) is 3. The normalized spacial score (nSPS) is 11.1. The summed E-state index contributed by atoms with van der Waals surface area (Å²) in [5.41, 5.74) is 2.95. The van der Waals surface area contributed by atoms with E-state index >= 15 is 0 Å². The summed E-state index contributed by atoms with van der Waals surface area (Å²) in [6.07, 6.45) is 9.39. The summed E-state index contributed by atoms with van der Waals surface area (Å²) in [4.78, 5) is 4.36. The molecule has 16 heavy (non-hydrogen) atoms. The highest BCUT2D eigenvalue weighted by Crippen LogP contribution is 2.22. The van der Waals surface area contributed by atoms with Crippen LogP contribution in [0.4, 0.5) is 0 Å². The minimum Gasteiger partial charge on any atom is -0.300 e. The molecule has 1 N–H and O–H groups in total. The zero-order valence-corrected chi connectivity index (χ0v) is 9.44. The number of aromatic nitrogens is 4. The van der Waals surface area contributed by atoms with Gasteiger partial charge in [-0.25, -0.2) is 4.98 Å². The topological polar surface area (TPSA) is 46.5 Å². The van der Waals surface area contributed by atoms with E-state index < -0.39 is 0 Å². The number of aromatic amines is 1. The molecule has 0 saturated carbocycles. The van der Waals surface area contributed by atoms with Gasteiger partial charge in [0.1, 0.15) is 5.82 Å². The van der Waals surface area contributed by atoms with E-state index in [4.69, 9.17) is 0 Å². The van der Waals surface area contributed by atoms with Gasteiger partial charge in [0.2, 0.25) is 0 Å². The molecule has 4 heteroatoms. The average molecular weight is 214 g/mol. The lowest BCUT2D eigenvalue weighted by Gasteiger charge is -2.04. The van der Waals surface area contributed by atoms with Gasteiger partial charge in [-0.3, -0.25) is 9.67 Å². The van der Waals surface area contributed by atoms with Crippen molar-refractivity contribution in [3.05, 3.63) is 37.1 Å². The number of imidazole rings is 1. The summed E-state index contributed by atoms with van der Waals surface area (Å²) in [6.45, 7) is 7.84. The maximum atomic E-state index is 4.36. The molecule has 0 aromatic carbocycles. The molecule has 0 aliphatic carbocycles. The fraction of sp³-hybridized carbons (Fsp3) is 0.167. The second-order valence-corrected chi connectivity index (χ2v) is 3.59. The van der Waals surface area contributed by atoms with E-state index in [2.05, 4.69) is 21.8 Å². The van der Waals surface area contributed by atoms with Crippen molar-refractivity contribution in [2.24, 2.45) is 0 Å². The zero-order chi connectivity index (χ0) is 11.5. The second kappa shape index (κ2) is 4.18. The largest absolute Gasteiger partial charge is 0.300 e. The Morgan fingerprint density at radius 3 is 2.88 bits per heavy atom. The quantitative estimate of drug-likeness (QED) is 0.854. The van der Waals surface area contributed by atoms with E-state index in [1.807, 2.05) is 43.1 Å². The van der Waals surface area contributed by atoms with Gasteiger partial charge in [-0.2, -0.15) is 5.10 Å². The Bertz CT molecular complexity index is 517. The Balaban J connectivity index is 2.59. The first-order chi connectivity index (χ1) is 7.74. The maximum absolute atomic E-state index is 4.36. The lowest BCUT2D eigenvalue weighted by atomic mass is 10.2. The predicted octanol–water partition coefficient (Wildman–Crippen LogP) is 2.80. The number of nitrogens with one attached hydrogen (secondary N) is 1. The molecule has 0 unspecified atom stereocenters. The first-order valence-corrected chi connectivity index (χ1v) is 5.09. The van der Waals surface area contributed by atoms with Crippen LogP contribution in [-0.4, -0.2) is 19.7 Å². The fourth-order valence-corrected chi connectivity index (χ4v) is 1.58. The minimum absolute atomic E-state index is 0.870. The summed E-state index contributed by atoms with van der Waals surface area (Å²) in [5, 5.41) is 6.74. The van der Waals surface area contributed by atoms with Crippen LogP contribution in [0, 0.1) is 0 Å². The molecule has 2 heterocycles. The van der Waals surface area contributed by atoms with E-state index in [1.165, 1.54) is 0 Å². The molecule has 0 atom stereocenters. The summed E-state index contributed by atoms with van der Waals surface area (Å²) < 4.78 is 2.01. The molecule has 0 spiro atoms. The van der Waals surface area contributed by atoms with Crippen LogP contribution in [-0.2, 0) is 0 Å². The van der Waals surface area contributed by atoms with Gasteiger partial charge in [-0.05, 0) is 19.4 Å². The highest BCUT2D eigenvalue weighted by molar-refractivity contribution is 5.67. The van der Waals surface area contributed by atoms with Crippen molar-refractivity contribution < 1.29 is 0 Å². The molecule has 0 fully saturated rings. The second-order valence-electron chi connectivity index (χ2n) is 3.59. The predicted molar refractivity (Wildman–Crippen MR) is 65.5 cm³/mol. The van der Waals surface area contributed by atoms with E-state index in [0.717, 1.165) is 22.7 Å². The first kappa shape index (κ1) is 10.4. The molecule has 2 aromatic heterocycles. The molecular weight excluding hydrogens is 200 g/mol. The maximum Gasteiger partial charge on any atom is 0.139 e. The summed E-state index contributed by atoms with van der Waals surface area (Å²) in [5.74, 6) is 0.870. The van der Waals surface area contributed by atoms with Gasteiger partial charge in [-0.1, -0.05) is 12.7 Å². The summed E-state index contributed by atoms with van der Waals surface area (Å²) in [6, 6.07) is 0. The molecule has 0 amide bonds. The third-order valence-electron chi connectivity index (χ3n) is 2.27. The fourth-order valence-electron chi connectivity index (χ4n) is 1.58. The number of hydrogen-bond donors (Lipinski definition) is 1. The first-order valence-electron chi connectivity index (χ1n) is 5.09. The Morgan fingerprint density at radius 1 is 1.50 bits per heavy atom. The third-order valence-corrected chi connectivity index (χ3v) is 2.27. The number of hydrogen-bond acceptors (Lipinski definition) is 2. The third kappa shape index (κ3) is 1.69. The number of allylic oxidation sites excluding steroid dienone is 2. The Hall–Kier alpha value is -2.10. The van der Waals surface area contributed by atoms with E-state index in [9.17, 15) is 0 Å². The molecule has 0 radical (unpaired) electrons. The van der Waals surface area contributed by atoms with Crippen molar-refractivity contribution in [2.75, 3.05) is 0 Å². The van der Waals surface area contributed by atoms with Crippen LogP contribution in [0.25, 0.3) is 23.0 Å². The molecule has 0 saturated heterocycles. The van der Waals surface area contributed by atoms with Crippen molar-refractivity contribution in [1.29, 1.82) is 0 Å². The van der Waals surface area contributed by atoms with Crippen LogP contribution < -0.4 is 0 Å². The molecule has 0 bridgehead atoms. The lowest BCUT2D eigenvalue weighted by molar-refractivity contribution is 1.09. The SMILES string of the molecule is C=C(C)c1ncc(-c2cn[nH]c2)n1/C=C\C. The van der Waals surface area contributed by atoms with E-state index in [0.29, 0.717) is 0 Å². The van der Waals surface area contributed by atoms with Gasteiger partial charge in [0.05, 0.1) is 18.1 Å². The summed E-state index contributed by atoms with van der Waals surface area (Å²) >= 11 is 0. The van der Waals surface area contributed by atoms with Crippen LogP contribution in [0.5, 0.6) is 0 Å². The van der Waals surface area contributed by atoms with Gasteiger partial charge >= 0.3 is 0 Å². The monoisotopic (exact) mass is 214 g/mol. The average Bonchev–Trinajstić information content (AvgIpc) is 2.84. The number of H-pyrrole nitrogens is 1. The van der Waals surface area contributed by atoms with Crippen molar-refractivity contribution in [2.45, 2.75) is 13.8 Å². The van der Waals surface area contributed by atoms with Crippen LogP contribution in [0.15, 0.2) is 31.2 Å². The van der Waals surface area contributed by atoms with Crippen molar-refractivity contribution in [1.82, 2.24) is 19.7 Å². The highest BCUT2D eigenvalue weighted by Gasteiger charge is 2.10. The molecule has 4 nitrogen and oxygen atoms in total. The van der Waals surface area contributed by atoms with Crippen LogP contribution in [0.3, 0.4) is 0 Å². The Labute approximate surface area is 94.3 Å². The van der Waals surface area contributed by atoms with Gasteiger partial charge in [0.25, 0.3) is 0 Å². The highest BCUT2D eigenvalue weighted by atomic mass is 15.1. The molecule has 2 aromatic rings. The van der Waals surface area contributed by atoms with Crippen molar-refractivity contribution in [3.8, 4) is 11.3 Å². The van der Waals surface area contributed by atoms with E-state index in [-0.39, 0.29) is 0 Å². The molecule has 0 aliphatic heterocycles. The molecule has 0 aliphatic rings. The van der Waals surface area contributed by atoms with Gasteiger partial charge in [-0.15, -0.1) is 0 Å². The van der Waals surface area contributed by atoms with Crippen molar-refractivity contribution in [3.63, 3.8) is 0 Å². The lowest BCUT2D eigenvalue weighted by Crippen LogP contribution is -1.95. The molecule has 82 valence electrons. The Kier molecular flexibility index (Phi) is 2.72. The van der Waals surface area contributed by atoms with Crippen LogP contribution in [0.1, 0.15) is 19.7 Å². The minimum atomic E-state index is 0.870. The van der Waals surface area contributed by atoms with E-state index in [1.54, 1.807) is 6.20 Å². The summed E-state index contributed by atoms with van der Waals surface area (Å²) in [7, 11) is 0. The Morgan fingerprint density at radius 2 is 2.31 bits per heavy atom. The van der Waals surface area contributed by atoms with Crippen LogP contribution in [0.2, 0.25) is 0 Å². The van der Waals surface area contributed by atoms with Gasteiger partial charge in [0.15, 0.2) is 0 Å². The van der Waals surface area contributed by atoms with Crippen molar-refractivity contribution >= 4 is 11.8 Å². The van der Waals surface area contributed by atoms with Crippen LogP contribution >= 0.6 is 0 Å². The van der Waals surface area contributed by atoms with Gasteiger partial charge < -0.3 is 0 Å². The van der Waals surface area contributed by atoms with Gasteiger partial charge in [0, 0.05) is 18.0 Å². The molecule has 2 rings (SSSR count). The zero-order valence-electron chi connectivity index (χ0n) is 9.44. The standard InChI is InChI=1S/C12H14N4/c1-4-5-16-11(10-6-14-15-7-10)8-13-12(16)9(2)3/h4-8H,2H2,1,3H3,(H,14,15)/b5-4-. The smallest absolute Gasteiger partial charge is 0.139 e. The number of rotatable bonds is 3.